The minimum atomic E-state index is -0.479. The summed E-state index contributed by atoms with van der Waals surface area (Å²) in [4.78, 5) is 38.4. The number of piperazine rings is 1. The zero-order valence-electron chi connectivity index (χ0n) is 18.3. The molecule has 9 heteroatoms. The molecule has 9 nitrogen and oxygen atoms in total. The number of hydrogen-bond donors (Lipinski definition) is 0. The first-order chi connectivity index (χ1) is 15.3. The van der Waals surface area contributed by atoms with Crippen LogP contribution in [0.1, 0.15) is 17.5 Å². The van der Waals surface area contributed by atoms with E-state index in [2.05, 4.69) is 4.90 Å². The lowest BCUT2D eigenvalue weighted by atomic mass is 10.1. The van der Waals surface area contributed by atoms with Crippen LogP contribution >= 0.6 is 0 Å². The van der Waals surface area contributed by atoms with Crippen LogP contribution in [0.15, 0.2) is 42.5 Å². The zero-order chi connectivity index (χ0) is 23.1. The average Bonchev–Trinajstić information content (AvgIpc) is 2.80. The van der Waals surface area contributed by atoms with Crippen molar-refractivity contribution in [2.24, 2.45) is 0 Å². The Morgan fingerprint density at radius 3 is 2.38 bits per heavy atom. The third kappa shape index (κ3) is 6.19. The molecule has 0 aliphatic carbocycles. The maximum Gasteiger partial charge on any atom is 0.309 e. The van der Waals surface area contributed by atoms with Crippen LogP contribution in [0, 0.1) is 24.0 Å². The monoisotopic (exact) mass is 441 g/mol. The van der Waals surface area contributed by atoms with E-state index in [4.69, 9.17) is 9.47 Å². The van der Waals surface area contributed by atoms with Crippen molar-refractivity contribution in [1.29, 1.82) is 0 Å². The average molecular weight is 441 g/mol. The molecule has 0 radical (unpaired) electrons. The summed E-state index contributed by atoms with van der Waals surface area (Å²) in [5.74, 6) is 0.0186. The number of hydrogen-bond acceptors (Lipinski definition) is 7. The maximum atomic E-state index is 12.4. The van der Waals surface area contributed by atoms with Gasteiger partial charge in [-0.05, 0) is 43.2 Å². The molecule has 0 N–H and O–H groups in total. The first kappa shape index (κ1) is 23.1. The summed E-state index contributed by atoms with van der Waals surface area (Å²) in [7, 11) is 0. The van der Waals surface area contributed by atoms with Crippen LogP contribution in [0.25, 0.3) is 0 Å². The minimum Gasteiger partial charge on any atom is -0.493 e. The minimum absolute atomic E-state index is 0.0452. The molecule has 0 unspecified atom stereocenters. The smallest absolute Gasteiger partial charge is 0.309 e. The number of amides is 1. The Kier molecular flexibility index (Phi) is 7.64. The third-order valence-corrected chi connectivity index (χ3v) is 5.32. The summed E-state index contributed by atoms with van der Waals surface area (Å²) in [5.41, 5.74) is 2.99. The lowest BCUT2D eigenvalue weighted by Gasteiger charge is -2.36. The quantitative estimate of drug-likeness (QED) is 0.353. The van der Waals surface area contributed by atoms with Crippen molar-refractivity contribution in [1.82, 2.24) is 4.90 Å². The van der Waals surface area contributed by atoms with E-state index in [9.17, 15) is 19.7 Å². The molecule has 1 amide bonds. The molecule has 0 spiro atoms. The van der Waals surface area contributed by atoms with E-state index in [1.165, 1.54) is 12.1 Å². The summed E-state index contributed by atoms with van der Waals surface area (Å²) in [5, 5.41) is 10.8. The Morgan fingerprint density at radius 1 is 1.03 bits per heavy atom. The Morgan fingerprint density at radius 2 is 1.72 bits per heavy atom. The van der Waals surface area contributed by atoms with Gasteiger partial charge in [0.15, 0.2) is 6.61 Å². The first-order valence-corrected chi connectivity index (χ1v) is 10.5. The fraction of sp³-hybridized carbons (Fsp3) is 0.391. The largest absolute Gasteiger partial charge is 0.493 e. The molecular weight excluding hydrogens is 414 g/mol. The van der Waals surface area contributed by atoms with Crippen molar-refractivity contribution >= 4 is 23.3 Å². The van der Waals surface area contributed by atoms with Crippen molar-refractivity contribution in [3.63, 3.8) is 0 Å². The number of non-ortho nitro benzene ring substituents is 1. The predicted octanol–water partition coefficient (Wildman–Crippen LogP) is 2.87. The van der Waals surface area contributed by atoms with Gasteiger partial charge in [0.1, 0.15) is 5.75 Å². The number of nitro groups is 1. The molecule has 0 aromatic heterocycles. The summed E-state index contributed by atoms with van der Waals surface area (Å²) < 4.78 is 10.8. The van der Waals surface area contributed by atoms with Gasteiger partial charge in [0.05, 0.1) is 18.0 Å². The highest BCUT2D eigenvalue weighted by Crippen LogP contribution is 2.21. The number of nitrogens with zero attached hydrogens (tertiary/aromatic N) is 3. The highest BCUT2D eigenvalue weighted by atomic mass is 16.6. The van der Waals surface area contributed by atoms with Gasteiger partial charge in [0, 0.05) is 44.0 Å². The Bertz CT molecular complexity index is 968. The summed E-state index contributed by atoms with van der Waals surface area (Å²) in [6.07, 6.45) is 0.0641. The van der Waals surface area contributed by atoms with Crippen LogP contribution < -0.4 is 9.64 Å². The van der Waals surface area contributed by atoms with Crippen molar-refractivity contribution in [2.75, 3.05) is 44.3 Å². The fourth-order valence-electron chi connectivity index (χ4n) is 3.41. The van der Waals surface area contributed by atoms with Gasteiger partial charge < -0.3 is 19.3 Å². The summed E-state index contributed by atoms with van der Waals surface area (Å²) in [6.45, 7) is 5.98. The molecule has 2 aromatic rings. The molecule has 1 saturated heterocycles. The number of esters is 1. The molecule has 0 atom stereocenters. The summed E-state index contributed by atoms with van der Waals surface area (Å²) in [6, 6.07) is 12.2. The van der Waals surface area contributed by atoms with Gasteiger partial charge in [-0.25, -0.2) is 0 Å². The zero-order valence-corrected chi connectivity index (χ0v) is 18.3. The molecule has 0 saturated carbocycles. The number of carbonyl (C=O) groups excluding carboxylic acids is 2. The normalized spacial score (nSPS) is 13.6. The van der Waals surface area contributed by atoms with Crippen LogP contribution in [0.2, 0.25) is 0 Å². The van der Waals surface area contributed by atoms with Gasteiger partial charge in [-0.1, -0.05) is 12.1 Å². The van der Waals surface area contributed by atoms with E-state index >= 15 is 0 Å². The van der Waals surface area contributed by atoms with Crippen molar-refractivity contribution in [3.8, 4) is 5.75 Å². The second-order valence-electron chi connectivity index (χ2n) is 7.67. The number of carbonyl (C=O) groups is 2. The predicted molar refractivity (Wildman–Crippen MR) is 119 cm³/mol. The van der Waals surface area contributed by atoms with Crippen molar-refractivity contribution in [3.05, 3.63) is 63.7 Å². The lowest BCUT2D eigenvalue weighted by molar-refractivity contribution is -0.384. The Labute approximate surface area is 186 Å². The van der Waals surface area contributed by atoms with E-state index in [0.29, 0.717) is 26.2 Å². The molecule has 0 bridgehead atoms. The van der Waals surface area contributed by atoms with Crippen LogP contribution in [-0.4, -0.2) is 61.1 Å². The maximum absolute atomic E-state index is 12.4. The number of benzene rings is 2. The standard InChI is InChI=1S/C23H27N3O6/c1-17-3-4-18(2)21(15-17)31-14-9-23(28)32-16-22(27)25-12-10-24(11-13-25)19-5-7-20(8-6-19)26(29)30/h3-8,15H,9-14,16H2,1-2H3. The van der Waals surface area contributed by atoms with Crippen LogP contribution in [0.4, 0.5) is 11.4 Å². The molecule has 1 fully saturated rings. The fourth-order valence-corrected chi connectivity index (χ4v) is 3.41. The van der Waals surface area contributed by atoms with Crippen molar-refractivity contribution < 1.29 is 24.0 Å². The van der Waals surface area contributed by atoms with Crippen LogP contribution in [-0.2, 0) is 14.3 Å². The van der Waals surface area contributed by atoms with Crippen LogP contribution in [0.5, 0.6) is 5.75 Å². The Balaban J connectivity index is 1.37. The Hall–Kier alpha value is -3.62. The molecule has 1 aliphatic rings. The van der Waals surface area contributed by atoms with E-state index in [-0.39, 0.29) is 31.2 Å². The van der Waals surface area contributed by atoms with E-state index < -0.39 is 10.9 Å². The third-order valence-electron chi connectivity index (χ3n) is 5.32. The molecule has 32 heavy (non-hydrogen) atoms. The molecule has 3 rings (SSSR count). The lowest BCUT2D eigenvalue weighted by Crippen LogP contribution is -2.49. The van der Waals surface area contributed by atoms with E-state index in [1.807, 2.05) is 32.0 Å². The van der Waals surface area contributed by atoms with Gasteiger partial charge in [-0.3, -0.25) is 19.7 Å². The first-order valence-electron chi connectivity index (χ1n) is 10.5. The molecule has 1 heterocycles. The van der Waals surface area contributed by atoms with E-state index in [0.717, 1.165) is 22.6 Å². The highest BCUT2D eigenvalue weighted by molar-refractivity contribution is 5.81. The second kappa shape index (κ2) is 10.6. The van der Waals surface area contributed by atoms with Gasteiger partial charge in [0.25, 0.3) is 11.6 Å². The number of anilines is 1. The molecular formula is C23H27N3O6. The SMILES string of the molecule is Cc1ccc(C)c(OCCC(=O)OCC(=O)N2CCN(c3ccc([N+](=O)[O-])cc3)CC2)c1. The highest BCUT2D eigenvalue weighted by Gasteiger charge is 2.22. The van der Waals surface area contributed by atoms with Crippen molar-refractivity contribution in [2.45, 2.75) is 20.3 Å². The van der Waals surface area contributed by atoms with Gasteiger partial charge in [-0.15, -0.1) is 0 Å². The number of aryl methyl sites for hydroxylation is 2. The molecule has 170 valence electrons. The van der Waals surface area contributed by atoms with Crippen LogP contribution in [0.3, 0.4) is 0 Å². The summed E-state index contributed by atoms with van der Waals surface area (Å²) >= 11 is 0. The van der Waals surface area contributed by atoms with Gasteiger partial charge in [-0.2, -0.15) is 0 Å². The van der Waals surface area contributed by atoms with E-state index in [1.54, 1.807) is 17.0 Å². The molecule has 2 aromatic carbocycles. The topological polar surface area (TPSA) is 102 Å². The number of rotatable bonds is 8. The second-order valence-corrected chi connectivity index (χ2v) is 7.67. The van der Waals surface area contributed by atoms with Gasteiger partial charge >= 0.3 is 5.97 Å². The number of nitro benzene ring substituents is 1. The van der Waals surface area contributed by atoms with Gasteiger partial charge in [0.2, 0.25) is 0 Å². The number of ether oxygens (including phenoxy) is 2. The molecule has 1 aliphatic heterocycles.